The van der Waals surface area contributed by atoms with Crippen LogP contribution in [0.3, 0.4) is 0 Å². The smallest absolute Gasteiger partial charge is 0.192 e. The van der Waals surface area contributed by atoms with Gasteiger partial charge in [-0.3, -0.25) is 9.79 Å². The predicted molar refractivity (Wildman–Crippen MR) is 154 cm³/mol. The monoisotopic (exact) mass is 539 g/mol. The number of methoxy groups -OCH3 is 2. The van der Waals surface area contributed by atoms with Crippen molar-refractivity contribution in [2.45, 2.75) is 51.9 Å². The minimum Gasteiger partial charge on any atom is -0.504 e. The number of benzene rings is 2. The Morgan fingerprint density at radius 2 is 1.82 bits per heavy atom. The largest absolute Gasteiger partial charge is 0.504 e. The molecule has 2 aromatic carbocycles. The van der Waals surface area contributed by atoms with Crippen molar-refractivity contribution in [2.24, 2.45) is 22.6 Å². The van der Waals surface area contributed by atoms with Gasteiger partial charge in [0.1, 0.15) is 6.29 Å². The highest BCUT2D eigenvalue weighted by atomic mass is 16.5. The van der Waals surface area contributed by atoms with Gasteiger partial charge in [0, 0.05) is 19.9 Å². The van der Waals surface area contributed by atoms with Gasteiger partial charge < -0.3 is 35.5 Å². The van der Waals surface area contributed by atoms with Crippen molar-refractivity contribution in [1.82, 2.24) is 0 Å². The number of carbonyl (C=O) groups is 2. The summed E-state index contributed by atoms with van der Waals surface area (Å²) in [6.07, 6.45) is 9.00. The number of phenols is 2. The summed E-state index contributed by atoms with van der Waals surface area (Å²) in [7, 11) is 4.50. The molecule has 212 valence electrons. The van der Waals surface area contributed by atoms with E-state index in [4.69, 9.17) is 15.2 Å². The molecule has 0 heterocycles. The predicted octanol–water partition coefficient (Wildman–Crippen LogP) is 4.78. The molecule has 2 aromatic rings. The Kier molecular flexibility index (Phi) is 12.9. The molecular formula is C30H41N3O6. The fourth-order valence-electron chi connectivity index (χ4n) is 4.34. The van der Waals surface area contributed by atoms with Crippen LogP contribution in [0.4, 0.5) is 5.69 Å². The van der Waals surface area contributed by atoms with Gasteiger partial charge >= 0.3 is 0 Å². The Hall–Kier alpha value is -4.01. The second-order valence-corrected chi connectivity index (χ2v) is 9.48. The second kappa shape index (κ2) is 16.1. The van der Waals surface area contributed by atoms with Gasteiger partial charge in [0.15, 0.2) is 34.7 Å². The number of carbonyl (C=O) groups excluding carboxylic acids is 2. The summed E-state index contributed by atoms with van der Waals surface area (Å²) < 4.78 is 10.5. The molecule has 39 heavy (non-hydrogen) atoms. The van der Waals surface area contributed by atoms with Gasteiger partial charge in [0.2, 0.25) is 0 Å². The first-order valence-electron chi connectivity index (χ1n) is 13.1. The highest BCUT2D eigenvalue weighted by Crippen LogP contribution is 2.37. The zero-order valence-electron chi connectivity index (χ0n) is 23.3. The molecule has 0 aliphatic carbocycles. The van der Waals surface area contributed by atoms with Crippen molar-refractivity contribution in [3.05, 3.63) is 53.6 Å². The first-order valence-corrected chi connectivity index (χ1v) is 13.1. The van der Waals surface area contributed by atoms with Crippen LogP contribution < -0.4 is 20.5 Å². The van der Waals surface area contributed by atoms with E-state index in [9.17, 15) is 19.8 Å². The molecule has 0 aliphatic rings. The lowest BCUT2D eigenvalue weighted by atomic mass is 9.88. The van der Waals surface area contributed by atoms with E-state index in [0.29, 0.717) is 42.9 Å². The summed E-state index contributed by atoms with van der Waals surface area (Å²) in [5, 5.41) is 23.2. The van der Waals surface area contributed by atoms with Crippen LogP contribution in [-0.4, -0.2) is 49.5 Å². The molecule has 0 unspecified atom stereocenters. The van der Waals surface area contributed by atoms with Gasteiger partial charge in [-0.25, -0.2) is 0 Å². The van der Waals surface area contributed by atoms with Crippen LogP contribution in [0.25, 0.3) is 0 Å². The van der Waals surface area contributed by atoms with Gasteiger partial charge in [-0.2, -0.15) is 0 Å². The number of aldehydes is 1. The van der Waals surface area contributed by atoms with E-state index < -0.39 is 0 Å². The first kappa shape index (κ1) is 31.2. The number of rotatable bonds is 16. The summed E-state index contributed by atoms with van der Waals surface area (Å²) >= 11 is 0. The van der Waals surface area contributed by atoms with Crippen LogP contribution in [0.1, 0.15) is 50.2 Å². The standard InChI is InChI=1S/C30H41N3O6/c1-5-20(14-15-34)6-7-21(8-11-24(35)12-9-22-10-13-26(36)27(18-22)38-3)16-23-17-25(33-30(31)32-2)29(37)28(19-23)39-4/h8,10-11,13,15,17-21,36-37H,5-7,9,12,14,16H2,1-4H3,(H3,31,32,33)/b11-8+/t20-,21-/m1/s1. The summed E-state index contributed by atoms with van der Waals surface area (Å²) in [5.41, 5.74) is 7.97. The fourth-order valence-corrected chi connectivity index (χ4v) is 4.34. The molecule has 0 fully saturated rings. The minimum absolute atomic E-state index is 0.00968. The molecule has 0 saturated heterocycles. The Bertz CT molecular complexity index is 1160. The van der Waals surface area contributed by atoms with Gasteiger partial charge in [-0.05, 0) is 79.0 Å². The topological polar surface area (TPSA) is 143 Å². The molecule has 0 spiro atoms. The second-order valence-electron chi connectivity index (χ2n) is 9.48. The van der Waals surface area contributed by atoms with Crippen molar-refractivity contribution in [3.8, 4) is 23.0 Å². The van der Waals surface area contributed by atoms with Crippen LogP contribution in [-0.2, 0) is 22.4 Å². The van der Waals surface area contributed by atoms with Crippen molar-refractivity contribution < 1.29 is 29.3 Å². The zero-order valence-corrected chi connectivity index (χ0v) is 23.3. The van der Waals surface area contributed by atoms with E-state index in [1.807, 2.05) is 6.08 Å². The summed E-state index contributed by atoms with van der Waals surface area (Å²) in [4.78, 5) is 27.7. The number of nitrogens with two attached hydrogens (primary N) is 1. The third-order valence-corrected chi connectivity index (χ3v) is 6.77. The number of nitrogens with one attached hydrogen (secondary N) is 1. The average Bonchev–Trinajstić information content (AvgIpc) is 2.94. The molecule has 9 nitrogen and oxygen atoms in total. The molecule has 0 bridgehead atoms. The number of hydrogen-bond acceptors (Lipinski definition) is 7. The number of anilines is 1. The van der Waals surface area contributed by atoms with Gasteiger partial charge in [0.05, 0.1) is 19.9 Å². The number of aryl methyl sites for hydroxylation is 1. The first-order chi connectivity index (χ1) is 18.7. The number of phenolic OH excluding ortho intramolecular Hbond substituents is 2. The van der Waals surface area contributed by atoms with E-state index in [-0.39, 0.29) is 35.1 Å². The number of aromatic hydroxyl groups is 2. The number of guanidine groups is 1. The number of hydrogen-bond donors (Lipinski definition) is 4. The van der Waals surface area contributed by atoms with E-state index in [0.717, 1.165) is 36.7 Å². The van der Waals surface area contributed by atoms with E-state index >= 15 is 0 Å². The lowest BCUT2D eigenvalue weighted by Crippen LogP contribution is -2.22. The quantitative estimate of drug-likeness (QED) is 0.0784. The summed E-state index contributed by atoms with van der Waals surface area (Å²) in [6, 6.07) is 8.62. The van der Waals surface area contributed by atoms with Crippen LogP contribution in [0.15, 0.2) is 47.5 Å². The molecule has 0 aliphatic heterocycles. The lowest BCUT2D eigenvalue weighted by Gasteiger charge is -2.19. The highest BCUT2D eigenvalue weighted by Gasteiger charge is 2.16. The molecule has 2 rings (SSSR count). The van der Waals surface area contributed by atoms with E-state index in [1.54, 1.807) is 43.5 Å². The molecular weight excluding hydrogens is 498 g/mol. The highest BCUT2D eigenvalue weighted by molar-refractivity contribution is 5.94. The zero-order chi connectivity index (χ0) is 28.8. The van der Waals surface area contributed by atoms with Crippen molar-refractivity contribution in [2.75, 3.05) is 26.6 Å². The van der Waals surface area contributed by atoms with E-state index in [1.165, 1.54) is 14.2 Å². The van der Waals surface area contributed by atoms with Crippen molar-refractivity contribution in [3.63, 3.8) is 0 Å². The SMILES string of the molecule is CC[C@@H](CC=O)CC[C@H](/C=C/C(=O)CCc1ccc(O)c(OC)c1)Cc1cc(NC(N)=NC)c(O)c(OC)c1. The van der Waals surface area contributed by atoms with Gasteiger partial charge in [-0.15, -0.1) is 0 Å². The Labute approximate surface area is 230 Å². The van der Waals surface area contributed by atoms with Crippen LogP contribution in [0, 0.1) is 11.8 Å². The third kappa shape index (κ3) is 10.00. The molecule has 0 radical (unpaired) electrons. The van der Waals surface area contributed by atoms with Crippen LogP contribution >= 0.6 is 0 Å². The van der Waals surface area contributed by atoms with Crippen LogP contribution in [0.5, 0.6) is 23.0 Å². The molecule has 9 heteroatoms. The molecule has 0 aromatic heterocycles. The summed E-state index contributed by atoms with van der Waals surface area (Å²) in [5.74, 6) is 1.11. The summed E-state index contributed by atoms with van der Waals surface area (Å²) in [6.45, 7) is 2.07. The molecule has 0 amide bonds. The lowest BCUT2D eigenvalue weighted by molar-refractivity contribution is -0.114. The number of ketones is 1. The Balaban J connectivity index is 2.21. The van der Waals surface area contributed by atoms with Crippen molar-refractivity contribution in [1.29, 1.82) is 0 Å². The normalized spacial score (nSPS) is 13.2. The van der Waals surface area contributed by atoms with Crippen molar-refractivity contribution >= 4 is 23.7 Å². The van der Waals surface area contributed by atoms with Crippen LogP contribution in [0.2, 0.25) is 0 Å². The maximum Gasteiger partial charge on any atom is 0.192 e. The minimum atomic E-state index is -0.0713. The Morgan fingerprint density at radius 1 is 1.10 bits per heavy atom. The number of ether oxygens (including phenoxy) is 2. The van der Waals surface area contributed by atoms with Gasteiger partial charge in [0.25, 0.3) is 0 Å². The maximum atomic E-state index is 12.7. The number of nitrogens with zero attached hydrogens (tertiary/aromatic N) is 1. The average molecular weight is 540 g/mol. The maximum absolute atomic E-state index is 12.7. The molecule has 2 atom stereocenters. The molecule has 0 saturated carbocycles. The molecule has 5 N–H and O–H groups in total. The van der Waals surface area contributed by atoms with E-state index in [2.05, 4.69) is 17.2 Å². The van der Waals surface area contributed by atoms with Gasteiger partial charge in [-0.1, -0.05) is 25.5 Å². The Morgan fingerprint density at radius 3 is 2.46 bits per heavy atom. The number of allylic oxidation sites excluding steroid dienone is 2. The fraction of sp³-hybridized carbons (Fsp3) is 0.433. The third-order valence-electron chi connectivity index (χ3n) is 6.77. The number of aliphatic imine (C=N–C) groups is 1.